The minimum atomic E-state index is 0. The van der Waals surface area contributed by atoms with Crippen molar-refractivity contribution in [2.75, 3.05) is 17.3 Å². The maximum Gasteiger partial charge on any atom is 0.193 e. The summed E-state index contributed by atoms with van der Waals surface area (Å²) < 4.78 is 0. The van der Waals surface area contributed by atoms with Gasteiger partial charge in [-0.15, -0.1) is 0 Å². The topological polar surface area (TPSA) is 23.8 Å². The summed E-state index contributed by atoms with van der Waals surface area (Å²) in [5.41, 5.74) is 0. The number of rotatable bonds is 1. The lowest BCUT2D eigenvalue weighted by Gasteiger charge is -1.88. The fraction of sp³-hybridized carbons (Fsp3) is 0.833. The first-order chi connectivity index (χ1) is 3.93. The van der Waals surface area contributed by atoms with Gasteiger partial charge in [-0.05, 0) is 12.8 Å². The van der Waals surface area contributed by atoms with Crippen LogP contribution in [-0.2, 0) is 10.9 Å². The van der Waals surface area contributed by atoms with E-state index in [9.17, 15) is 0 Å². The molecule has 1 saturated heterocycles. The third kappa shape index (κ3) is 3.12. The Morgan fingerprint density at radius 3 is 2.33 bits per heavy atom. The second kappa shape index (κ2) is 5.13. The minimum Gasteiger partial charge on any atom is -1.00 e. The summed E-state index contributed by atoms with van der Waals surface area (Å²) >= 11 is 0. The second-order valence-electron chi connectivity index (χ2n) is 2.03. The van der Waals surface area contributed by atoms with Crippen LogP contribution in [0.4, 0.5) is 0 Å². The Hall–Kier alpha value is 0.320. The zero-order valence-electron chi connectivity index (χ0n) is 5.27. The quantitative estimate of drug-likeness (QED) is 0.454. The normalized spacial score (nSPS) is 18.6. The predicted octanol–water partition coefficient (Wildman–Crippen LogP) is -2.07. The van der Waals surface area contributed by atoms with E-state index in [0.717, 1.165) is 5.75 Å². The molecule has 0 spiro atoms. The van der Waals surface area contributed by atoms with Crippen LogP contribution in [0.3, 0.4) is 0 Å². The predicted molar refractivity (Wildman–Crippen MR) is 36.8 cm³/mol. The fourth-order valence-corrected chi connectivity index (χ4v) is 2.85. The molecule has 0 N–H and O–H groups in total. The summed E-state index contributed by atoms with van der Waals surface area (Å²) in [5, 5.41) is 8.28. The van der Waals surface area contributed by atoms with E-state index in [1.54, 1.807) is 0 Å². The van der Waals surface area contributed by atoms with Crippen molar-refractivity contribution < 1.29 is 17.0 Å². The molecule has 0 aliphatic carbocycles. The molecule has 0 aromatic heterocycles. The number of hydrogen-bond acceptors (Lipinski definition) is 1. The molecule has 0 atom stereocenters. The summed E-state index contributed by atoms with van der Waals surface area (Å²) in [5.74, 6) is 3.47. The van der Waals surface area contributed by atoms with Crippen LogP contribution in [0.25, 0.3) is 0 Å². The lowest BCUT2D eigenvalue weighted by atomic mass is 10.4. The number of halogens is 1. The van der Waals surface area contributed by atoms with E-state index in [2.05, 4.69) is 6.07 Å². The Morgan fingerprint density at radius 2 is 1.89 bits per heavy atom. The Balaban J connectivity index is 0.000000640. The highest BCUT2D eigenvalue weighted by Crippen LogP contribution is 2.12. The average molecular weight is 208 g/mol. The van der Waals surface area contributed by atoms with Crippen LogP contribution in [0.2, 0.25) is 0 Å². The summed E-state index contributed by atoms with van der Waals surface area (Å²) in [4.78, 5) is 0. The molecule has 0 aromatic carbocycles. The molecule has 1 fully saturated rings. The van der Waals surface area contributed by atoms with Crippen molar-refractivity contribution in [2.24, 2.45) is 0 Å². The molecule has 0 saturated carbocycles. The highest BCUT2D eigenvalue weighted by molar-refractivity contribution is 7.97. The van der Waals surface area contributed by atoms with Gasteiger partial charge in [-0.3, -0.25) is 0 Å². The summed E-state index contributed by atoms with van der Waals surface area (Å²) in [6.07, 6.45) is 2.73. The van der Waals surface area contributed by atoms with E-state index in [-0.39, 0.29) is 17.0 Å². The zero-order chi connectivity index (χ0) is 5.82. The van der Waals surface area contributed by atoms with Crippen molar-refractivity contribution in [3.05, 3.63) is 0 Å². The van der Waals surface area contributed by atoms with E-state index in [4.69, 9.17) is 5.26 Å². The van der Waals surface area contributed by atoms with Gasteiger partial charge in [-0.2, -0.15) is 5.26 Å². The van der Waals surface area contributed by atoms with Crippen molar-refractivity contribution in [1.29, 1.82) is 5.26 Å². The SMILES string of the molecule is N#CC[S+]1CCCC1.[Br-]. The molecule has 0 aromatic rings. The molecule has 9 heavy (non-hydrogen) atoms. The van der Waals surface area contributed by atoms with Gasteiger partial charge in [0.15, 0.2) is 5.75 Å². The van der Waals surface area contributed by atoms with E-state index in [0.29, 0.717) is 10.9 Å². The zero-order valence-corrected chi connectivity index (χ0v) is 7.67. The Kier molecular flexibility index (Phi) is 5.31. The molecule has 1 aliphatic rings. The third-order valence-electron chi connectivity index (χ3n) is 1.38. The fourth-order valence-electron chi connectivity index (χ4n) is 0.950. The van der Waals surface area contributed by atoms with Gasteiger partial charge in [0.05, 0.1) is 0 Å². The smallest absolute Gasteiger partial charge is 0.193 e. The third-order valence-corrected chi connectivity index (χ3v) is 3.65. The van der Waals surface area contributed by atoms with Crippen molar-refractivity contribution in [3.63, 3.8) is 0 Å². The highest BCUT2D eigenvalue weighted by Gasteiger charge is 2.22. The van der Waals surface area contributed by atoms with Crippen LogP contribution in [0.1, 0.15) is 12.8 Å². The molecule has 0 radical (unpaired) electrons. The molecular weight excluding hydrogens is 198 g/mol. The van der Waals surface area contributed by atoms with Gasteiger partial charge in [-0.25, -0.2) is 0 Å². The summed E-state index contributed by atoms with van der Waals surface area (Å²) in [7, 11) is 0.512. The Labute approximate surface area is 69.6 Å². The lowest BCUT2D eigenvalue weighted by molar-refractivity contribution is -0.00000195. The van der Waals surface area contributed by atoms with Gasteiger partial charge in [-0.1, -0.05) is 0 Å². The van der Waals surface area contributed by atoms with Gasteiger partial charge < -0.3 is 17.0 Å². The first-order valence-electron chi connectivity index (χ1n) is 2.94. The van der Waals surface area contributed by atoms with Gasteiger partial charge in [0.25, 0.3) is 0 Å². The molecule has 0 amide bonds. The molecule has 1 heterocycles. The first-order valence-corrected chi connectivity index (χ1v) is 4.68. The van der Waals surface area contributed by atoms with Crippen molar-refractivity contribution >= 4 is 10.9 Å². The molecule has 1 rings (SSSR count). The van der Waals surface area contributed by atoms with Crippen LogP contribution >= 0.6 is 0 Å². The molecule has 1 aliphatic heterocycles. The van der Waals surface area contributed by atoms with Crippen molar-refractivity contribution in [2.45, 2.75) is 12.8 Å². The van der Waals surface area contributed by atoms with Gasteiger partial charge in [0.1, 0.15) is 17.6 Å². The van der Waals surface area contributed by atoms with E-state index >= 15 is 0 Å². The minimum absolute atomic E-state index is 0. The van der Waals surface area contributed by atoms with Gasteiger partial charge in [0, 0.05) is 10.9 Å². The van der Waals surface area contributed by atoms with Crippen LogP contribution in [0.5, 0.6) is 0 Å². The molecule has 1 nitrogen and oxygen atoms in total. The Morgan fingerprint density at radius 1 is 1.33 bits per heavy atom. The summed E-state index contributed by atoms with van der Waals surface area (Å²) in [6, 6.07) is 2.22. The second-order valence-corrected chi connectivity index (χ2v) is 4.36. The number of nitrogens with zero attached hydrogens (tertiary/aromatic N) is 1. The highest BCUT2D eigenvalue weighted by atomic mass is 79.9. The van der Waals surface area contributed by atoms with Gasteiger partial charge >= 0.3 is 0 Å². The number of hydrogen-bond donors (Lipinski definition) is 0. The molecule has 0 bridgehead atoms. The monoisotopic (exact) mass is 207 g/mol. The lowest BCUT2D eigenvalue weighted by Crippen LogP contribution is -3.00. The molecule has 52 valence electrons. The van der Waals surface area contributed by atoms with Crippen LogP contribution in [0.15, 0.2) is 0 Å². The maximum absolute atomic E-state index is 8.28. The molecular formula is C6H10BrNS. The van der Waals surface area contributed by atoms with Crippen LogP contribution < -0.4 is 17.0 Å². The largest absolute Gasteiger partial charge is 1.00 e. The van der Waals surface area contributed by atoms with Crippen LogP contribution in [-0.4, -0.2) is 17.3 Å². The van der Waals surface area contributed by atoms with E-state index < -0.39 is 0 Å². The van der Waals surface area contributed by atoms with E-state index in [1.807, 2.05) is 0 Å². The number of nitriles is 1. The van der Waals surface area contributed by atoms with Gasteiger partial charge in [0.2, 0.25) is 0 Å². The molecule has 3 heteroatoms. The standard InChI is InChI=1S/C6H10NS.BrH/c7-3-6-8-4-1-2-5-8;/h1-2,4-6H2;1H/q+1;/p-1. The summed E-state index contributed by atoms with van der Waals surface area (Å²) in [6.45, 7) is 0. The first kappa shape index (κ1) is 9.32. The average Bonchev–Trinajstić information content (AvgIpc) is 2.19. The maximum atomic E-state index is 8.28. The van der Waals surface area contributed by atoms with E-state index in [1.165, 1.54) is 24.3 Å². The van der Waals surface area contributed by atoms with Crippen LogP contribution in [0, 0.1) is 11.3 Å². The van der Waals surface area contributed by atoms with Crippen molar-refractivity contribution in [3.8, 4) is 6.07 Å². The Bertz CT molecular complexity index is 104. The van der Waals surface area contributed by atoms with Crippen molar-refractivity contribution in [1.82, 2.24) is 0 Å². The molecule has 0 unspecified atom stereocenters.